The smallest absolute Gasteiger partial charge is 0.141 e. The molecule has 0 aromatic carbocycles. The van der Waals surface area contributed by atoms with Gasteiger partial charge in [-0.05, 0) is 64.7 Å². The van der Waals surface area contributed by atoms with Crippen molar-refractivity contribution in [1.82, 2.24) is 9.80 Å². The van der Waals surface area contributed by atoms with E-state index in [-0.39, 0.29) is 0 Å². The largest absolute Gasteiger partial charge is 0.303 e. The van der Waals surface area contributed by atoms with Crippen LogP contribution < -0.4 is 0 Å². The van der Waals surface area contributed by atoms with Crippen LogP contribution in [0.3, 0.4) is 0 Å². The number of carbonyl (C=O) groups excluding carboxylic acids is 1. The standard InChI is InChI=1S/C15H26N2O/c18-15(13-5-6-13)14(11-16-7-1-2-8-16)12-17-9-3-4-10-17/h13-14H,1-12H2. The zero-order valence-electron chi connectivity index (χ0n) is 11.4. The van der Waals surface area contributed by atoms with Gasteiger partial charge in [0, 0.05) is 24.9 Å². The molecule has 0 bridgehead atoms. The van der Waals surface area contributed by atoms with E-state index in [2.05, 4.69) is 9.80 Å². The molecule has 1 aliphatic carbocycles. The van der Waals surface area contributed by atoms with Gasteiger partial charge in [0.05, 0.1) is 0 Å². The Labute approximate surface area is 111 Å². The maximum absolute atomic E-state index is 12.4. The van der Waals surface area contributed by atoms with Crippen LogP contribution in [0.1, 0.15) is 38.5 Å². The Balaban J connectivity index is 1.56. The molecule has 0 aromatic rings. The predicted molar refractivity (Wildman–Crippen MR) is 72.6 cm³/mol. The molecule has 0 N–H and O–H groups in total. The van der Waals surface area contributed by atoms with Crippen molar-refractivity contribution < 1.29 is 4.79 Å². The van der Waals surface area contributed by atoms with E-state index in [9.17, 15) is 4.79 Å². The van der Waals surface area contributed by atoms with Crippen molar-refractivity contribution in [3.05, 3.63) is 0 Å². The minimum Gasteiger partial charge on any atom is -0.303 e. The van der Waals surface area contributed by atoms with Crippen molar-refractivity contribution >= 4 is 5.78 Å². The fraction of sp³-hybridized carbons (Fsp3) is 0.933. The number of hydrogen-bond acceptors (Lipinski definition) is 3. The highest BCUT2D eigenvalue weighted by atomic mass is 16.1. The predicted octanol–water partition coefficient (Wildman–Crippen LogP) is 1.77. The van der Waals surface area contributed by atoms with Gasteiger partial charge in [0.25, 0.3) is 0 Å². The highest BCUT2D eigenvalue weighted by molar-refractivity contribution is 5.85. The van der Waals surface area contributed by atoms with Crippen molar-refractivity contribution in [2.24, 2.45) is 11.8 Å². The SMILES string of the molecule is O=C(C1CC1)C(CN1CCCC1)CN1CCCC1. The summed E-state index contributed by atoms with van der Waals surface area (Å²) in [5, 5.41) is 0. The van der Waals surface area contributed by atoms with Gasteiger partial charge in [0.1, 0.15) is 5.78 Å². The summed E-state index contributed by atoms with van der Waals surface area (Å²) < 4.78 is 0. The first-order valence-corrected chi connectivity index (χ1v) is 7.81. The Morgan fingerprint density at radius 3 is 1.72 bits per heavy atom. The van der Waals surface area contributed by atoms with Gasteiger partial charge < -0.3 is 9.80 Å². The second-order valence-electron chi connectivity index (χ2n) is 6.39. The number of hydrogen-bond donors (Lipinski definition) is 0. The van der Waals surface area contributed by atoms with Crippen LogP contribution in [0.5, 0.6) is 0 Å². The molecule has 3 fully saturated rings. The summed E-state index contributed by atoms with van der Waals surface area (Å²) in [7, 11) is 0. The van der Waals surface area contributed by atoms with Gasteiger partial charge in [-0.15, -0.1) is 0 Å². The second-order valence-corrected chi connectivity index (χ2v) is 6.39. The summed E-state index contributed by atoms with van der Waals surface area (Å²) in [5.41, 5.74) is 0. The molecule has 0 atom stereocenters. The van der Waals surface area contributed by atoms with E-state index in [1.165, 1.54) is 51.9 Å². The summed E-state index contributed by atoms with van der Waals surface area (Å²) in [4.78, 5) is 17.5. The Bertz CT molecular complexity index is 271. The molecule has 3 aliphatic rings. The Hall–Kier alpha value is -0.410. The molecule has 0 radical (unpaired) electrons. The topological polar surface area (TPSA) is 23.6 Å². The molecule has 2 aliphatic heterocycles. The third kappa shape index (κ3) is 3.12. The quantitative estimate of drug-likeness (QED) is 0.718. The van der Waals surface area contributed by atoms with Crippen LogP contribution in [-0.2, 0) is 4.79 Å². The fourth-order valence-electron chi connectivity index (χ4n) is 3.49. The van der Waals surface area contributed by atoms with E-state index >= 15 is 0 Å². The second kappa shape index (κ2) is 5.70. The lowest BCUT2D eigenvalue weighted by molar-refractivity contribution is -0.125. The van der Waals surface area contributed by atoms with Crippen molar-refractivity contribution in [3.63, 3.8) is 0 Å². The van der Waals surface area contributed by atoms with Gasteiger partial charge in [-0.3, -0.25) is 4.79 Å². The van der Waals surface area contributed by atoms with Gasteiger partial charge in [-0.25, -0.2) is 0 Å². The van der Waals surface area contributed by atoms with Crippen LogP contribution in [0.25, 0.3) is 0 Å². The Kier molecular flexibility index (Phi) is 4.00. The van der Waals surface area contributed by atoms with Crippen molar-refractivity contribution in [2.75, 3.05) is 39.3 Å². The van der Waals surface area contributed by atoms with Crippen LogP contribution in [0.15, 0.2) is 0 Å². The molecule has 102 valence electrons. The average molecular weight is 250 g/mol. The molecule has 1 saturated carbocycles. The third-order valence-corrected chi connectivity index (χ3v) is 4.74. The zero-order chi connectivity index (χ0) is 12.4. The van der Waals surface area contributed by atoms with Crippen LogP contribution in [0, 0.1) is 11.8 Å². The molecule has 0 aromatic heterocycles. The lowest BCUT2D eigenvalue weighted by Gasteiger charge is -2.26. The van der Waals surface area contributed by atoms with Gasteiger partial charge in [0.2, 0.25) is 0 Å². The first-order chi connectivity index (χ1) is 8.83. The van der Waals surface area contributed by atoms with Gasteiger partial charge >= 0.3 is 0 Å². The van der Waals surface area contributed by atoms with E-state index in [1.807, 2.05) is 0 Å². The summed E-state index contributed by atoms with van der Waals surface area (Å²) in [6, 6.07) is 0. The number of Topliss-reactive ketones (excluding diaryl/α,β-unsaturated/α-hetero) is 1. The molecular formula is C15H26N2O. The number of carbonyl (C=O) groups is 1. The highest BCUT2D eigenvalue weighted by Crippen LogP contribution is 2.33. The zero-order valence-corrected chi connectivity index (χ0v) is 11.4. The van der Waals surface area contributed by atoms with Crippen molar-refractivity contribution in [1.29, 1.82) is 0 Å². The van der Waals surface area contributed by atoms with Crippen molar-refractivity contribution in [3.8, 4) is 0 Å². The summed E-state index contributed by atoms with van der Waals surface area (Å²) in [6.45, 7) is 6.93. The minimum atomic E-state index is 0.300. The first kappa shape index (κ1) is 12.6. The normalized spacial score (nSPS) is 26.3. The van der Waals surface area contributed by atoms with E-state index in [4.69, 9.17) is 0 Å². The maximum atomic E-state index is 12.4. The number of likely N-dealkylation sites (tertiary alicyclic amines) is 2. The van der Waals surface area contributed by atoms with E-state index < -0.39 is 0 Å². The molecule has 0 unspecified atom stereocenters. The minimum absolute atomic E-state index is 0.300. The average Bonchev–Trinajstić information content (AvgIpc) is 2.88. The first-order valence-electron chi connectivity index (χ1n) is 7.81. The fourth-order valence-corrected chi connectivity index (χ4v) is 3.49. The molecule has 2 heterocycles. The number of nitrogens with zero attached hydrogens (tertiary/aromatic N) is 2. The molecule has 2 saturated heterocycles. The van der Waals surface area contributed by atoms with E-state index in [0.717, 1.165) is 25.9 Å². The Morgan fingerprint density at radius 2 is 1.33 bits per heavy atom. The Morgan fingerprint density at radius 1 is 0.889 bits per heavy atom. The van der Waals surface area contributed by atoms with Gasteiger partial charge in [-0.1, -0.05) is 0 Å². The van der Waals surface area contributed by atoms with Crippen LogP contribution >= 0.6 is 0 Å². The molecule has 18 heavy (non-hydrogen) atoms. The molecule has 0 spiro atoms. The number of ketones is 1. The van der Waals surface area contributed by atoms with Crippen molar-refractivity contribution in [2.45, 2.75) is 38.5 Å². The van der Waals surface area contributed by atoms with Crippen LogP contribution in [0.2, 0.25) is 0 Å². The molecule has 3 heteroatoms. The molecular weight excluding hydrogens is 224 g/mol. The van der Waals surface area contributed by atoms with Gasteiger partial charge in [0.15, 0.2) is 0 Å². The van der Waals surface area contributed by atoms with E-state index in [1.54, 1.807) is 0 Å². The summed E-state index contributed by atoms with van der Waals surface area (Å²) in [5.74, 6) is 1.31. The van der Waals surface area contributed by atoms with Crippen LogP contribution in [0.4, 0.5) is 0 Å². The third-order valence-electron chi connectivity index (χ3n) is 4.74. The van der Waals surface area contributed by atoms with Gasteiger partial charge in [-0.2, -0.15) is 0 Å². The lowest BCUT2D eigenvalue weighted by atomic mass is 9.99. The summed E-state index contributed by atoms with van der Waals surface area (Å²) >= 11 is 0. The molecule has 0 amide bonds. The highest BCUT2D eigenvalue weighted by Gasteiger charge is 2.36. The molecule has 3 rings (SSSR count). The van der Waals surface area contributed by atoms with E-state index in [0.29, 0.717) is 17.6 Å². The lowest BCUT2D eigenvalue weighted by Crippen LogP contribution is -2.39. The maximum Gasteiger partial charge on any atom is 0.141 e. The monoisotopic (exact) mass is 250 g/mol. The summed E-state index contributed by atoms with van der Waals surface area (Å²) in [6.07, 6.45) is 7.63. The molecule has 3 nitrogen and oxygen atoms in total. The number of rotatable bonds is 6. The van der Waals surface area contributed by atoms with Crippen LogP contribution in [-0.4, -0.2) is 54.9 Å².